The van der Waals surface area contributed by atoms with Crippen LogP contribution < -0.4 is 5.32 Å². The van der Waals surface area contributed by atoms with E-state index >= 15 is 0 Å². The Labute approximate surface area is 200 Å². The van der Waals surface area contributed by atoms with Gasteiger partial charge in [-0.25, -0.2) is 4.98 Å². The summed E-state index contributed by atoms with van der Waals surface area (Å²) in [5.41, 5.74) is 4.69. The number of carbonyl (C=O) groups excluding carboxylic acids is 2. The average molecular weight is 455 g/mol. The van der Waals surface area contributed by atoms with Crippen LogP contribution in [0.3, 0.4) is 0 Å². The Morgan fingerprint density at radius 1 is 0.941 bits per heavy atom. The van der Waals surface area contributed by atoms with E-state index < -0.39 is 0 Å². The molecule has 0 unspecified atom stereocenters. The molecule has 0 aliphatic carbocycles. The molecule has 1 heterocycles. The van der Waals surface area contributed by atoms with Crippen LogP contribution in [0.5, 0.6) is 0 Å². The van der Waals surface area contributed by atoms with Crippen molar-refractivity contribution in [1.29, 1.82) is 0 Å². The maximum atomic E-state index is 13.1. The fraction of sp³-hybridized carbons (Fsp3) is 0.250. The van der Waals surface area contributed by atoms with Crippen molar-refractivity contribution in [2.24, 2.45) is 0 Å². The molecule has 0 saturated heterocycles. The van der Waals surface area contributed by atoms with E-state index in [1.807, 2.05) is 92.7 Å². The minimum atomic E-state index is -0.187. The average Bonchev–Trinajstić information content (AvgIpc) is 3.22. The normalized spacial score (nSPS) is 10.9. The molecule has 4 rings (SSSR count). The van der Waals surface area contributed by atoms with E-state index in [4.69, 9.17) is 4.98 Å². The predicted octanol–water partition coefficient (Wildman–Crippen LogP) is 5.14. The molecule has 0 fully saturated rings. The Morgan fingerprint density at radius 2 is 1.65 bits per heavy atom. The molecule has 0 atom stereocenters. The minimum Gasteiger partial charge on any atom is -0.333 e. The van der Waals surface area contributed by atoms with Crippen molar-refractivity contribution in [2.75, 3.05) is 18.4 Å². The minimum absolute atomic E-state index is 0.0378. The number of aryl methyl sites for hydroxylation is 2. The number of hydrogen-bond donors (Lipinski definition) is 1. The predicted molar refractivity (Wildman–Crippen MR) is 136 cm³/mol. The van der Waals surface area contributed by atoms with Gasteiger partial charge in [0.1, 0.15) is 5.82 Å². The maximum Gasteiger partial charge on any atom is 0.244 e. The van der Waals surface area contributed by atoms with Gasteiger partial charge in [-0.2, -0.15) is 0 Å². The molecule has 1 N–H and O–H groups in total. The van der Waals surface area contributed by atoms with Crippen molar-refractivity contribution >= 4 is 28.5 Å². The summed E-state index contributed by atoms with van der Waals surface area (Å²) in [6, 6.07) is 25.7. The number of benzene rings is 3. The highest BCUT2D eigenvalue weighted by Crippen LogP contribution is 2.22. The lowest BCUT2D eigenvalue weighted by Gasteiger charge is -2.22. The lowest BCUT2D eigenvalue weighted by atomic mass is 10.2. The zero-order chi connectivity index (χ0) is 23.9. The highest BCUT2D eigenvalue weighted by atomic mass is 16.2. The molecule has 0 bridgehead atoms. The van der Waals surface area contributed by atoms with Crippen LogP contribution in [0.4, 0.5) is 5.69 Å². The molecular weight excluding hydrogens is 424 g/mol. The monoisotopic (exact) mass is 454 g/mol. The summed E-state index contributed by atoms with van der Waals surface area (Å²) in [6.07, 6.45) is 1.56. The first kappa shape index (κ1) is 23.2. The van der Waals surface area contributed by atoms with E-state index in [2.05, 4.69) is 9.88 Å². The molecule has 6 nitrogen and oxygen atoms in total. The van der Waals surface area contributed by atoms with E-state index in [1.165, 1.54) is 0 Å². The van der Waals surface area contributed by atoms with Gasteiger partial charge in [0.05, 0.1) is 17.6 Å². The van der Waals surface area contributed by atoms with Gasteiger partial charge in [-0.15, -0.1) is 0 Å². The van der Waals surface area contributed by atoms with Crippen LogP contribution in [0, 0.1) is 6.92 Å². The van der Waals surface area contributed by atoms with E-state index in [9.17, 15) is 9.59 Å². The molecule has 4 aromatic rings. The molecule has 1 aromatic heterocycles. The lowest BCUT2D eigenvalue weighted by molar-refractivity contribution is -0.134. The molecule has 0 saturated carbocycles. The van der Waals surface area contributed by atoms with Gasteiger partial charge in [-0.3, -0.25) is 14.2 Å². The molecule has 0 aliphatic heterocycles. The molecule has 0 aliphatic rings. The van der Waals surface area contributed by atoms with Gasteiger partial charge in [0.2, 0.25) is 11.8 Å². The highest BCUT2D eigenvalue weighted by Gasteiger charge is 2.19. The molecule has 34 heavy (non-hydrogen) atoms. The number of carbonyl (C=O) groups is 2. The van der Waals surface area contributed by atoms with Gasteiger partial charge < -0.3 is 10.2 Å². The van der Waals surface area contributed by atoms with Crippen LogP contribution in [0.2, 0.25) is 0 Å². The number of fused-ring (bicyclic) bond motifs is 1. The van der Waals surface area contributed by atoms with Crippen LogP contribution in [0.25, 0.3) is 16.7 Å². The molecular formula is C28H30N4O2. The standard InChI is InChI=1S/C28H30N4O2/c1-3-19-31(20-27(33)30-23-14-8-7-11-21(23)2)28(34)18-17-26-29-24-15-9-10-16-25(24)32(26)22-12-5-4-6-13-22/h4-16H,3,17-20H2,1-2H3,(H,30,33). The van der Waals surface area contributed by atoms with Crippen molar-refractivity contribution < 1.29 is 9.59 Å². The third kappa shape index (κ3) is 5.34. The summed E-state index contributed by atoms with van der Waals surface area (Å²) in [4.78, 5) is 32.2. The number of imidazole rings is 1. The quantitative estimate of drug-likeness (QED) is 0.381. The van der Waals surface area contributed by atoms with Gasteiger partial charge in [0, 0.05) is 30.8 Å². The number of para-hydroxylation sites is 4. The number of nitrogens with zero attached hydrogens (tertiary/aromatic N) is 3. The Kier molecular flexibility index (Phi) is 7.38. The van der Waals surface area contributed by atoms with E-state index in [1.54, 1.807) is 4.90 Å². The Balaban J connectivity index is 1.48. The molecule has 0 spiro atoms. The fourth-order valence-corrected chi connectivity index (χ4v) is 4.12. The lowest BCUT2D eigenvalue weighted by Crippen LogP contribution is -2.38. The van der Waals surface area contributed by atoms with E-state index in [0.717, 1.165) is 40.2 Å². The number of anilines is 1. The molecule has 2 amide bonds. The number of nitrogens with one attached hydrogen (secondary N) is 1. The first-order chi connectivity index (χ1) is 16.6. The zero-order valence-electron chi connectivity index (χ0n) is 19.7. The smallest absolute Gasteiger partial charge is 0.244 e. The summed E-state index contributed by atoms with van der Waals surface area (Å²) >= 11 is 0. The third-order valence-electron chi connectivity index (χ3n) is 5.81. The van der Waals surface area contributed by atoms with Crippen molar-refractivity contribution in [1.82, 2.24) is 14.5 Å². The van der Waals surface area contributed by atoms with Crippen molar-refractivity contribution in [2.45, 2.75) is 33.1 Å². The fourth-order valence-electron chi connectivity index (χ4n) is 4.12. The maximum absolute atomic E-state index is 13.1. The second kappa shape index (κ2) is 10.8. The molecule has 3 aromatic carbocycles. The van der Waals surface area contributed by atoms with Crippen LogP contribution >= 0.6 is 0 Å². The first-order valence-electron chi connectivity index (χ1n) is 11.7. The van der Waals surface area contributed by atoms with E-state index in [0.29, 0.717) is 13.0 Å². The SMILES string of the molecule is CCCN(CC(=O)Nc1ccccc1C)C(=O)CCc1nc2ccccc2n1-c1ccccc1. The largest absolute Gasteiger partial charge is 0.333 e. The van der Waals surface area contributed by atoms with Gasteiger partial charge in [-0.05, 0) is 49.2 Å². The first-order valence-corrected chi connectivity index (χ1v) is 11.7. The zero-order valence-corrected chi connectivity index (χ0v) is 19.7. The van der Waals surface area contributed by atoms with Crippen molar-refractivity contribution in [3.63, 3.8) is 0 Å². The van der Waals surface area contributed by atoms with Gasteiger partial charge in [0.15, 0.2) is 0 Å². The van der Waals surface area contributed by atoms with Crippen LogP contribution in [0.1, 0.15) is 31.2 Å². The molecule has 174 valence electrons. The van der Waals surface area contributed by atoms with E-state index in [-0.39, 0.29) is 24.8 Å². The number of rotatable bonds is 9. The van der Waals surface area contributed by atoms with Crippen LogP contribution in [-0.2, 0) is 16.0 Å². The molecule has 0 radical (unpaired) electrons. The van der Waals surface area contributed by atoms with Crippen molar-refractivity contribution in [3.05, 3.63) is 90.3 Å². The van der Waals surface area contributed by atoms with Gasteiger partial charge in [-0.1, -0.05) is 55.5 Å². The summed E-state index contributed by atoms with van der Waals surface area (Å²) < 4.78 is 2.11. The number of amides is 2. The summed E-state index contributed by atoms with van der Waals surface area (Å²) in [5.74, 6) is 0.600. The number of aromatic nitrogens is 2. The number of hydrogen-bond acceptors (Lipinski definition) is 3. The van der Waals surface area contributed by atoms with Gasteiger partial charge in [0.25, 0.3) is 0 Å². The van der Waals surface area contributed by atoms with Crippen molar-refractivity contribution in [3.8, 4) is 5.69 Å². The summed E-state index contributed by atoms with van der Waals surface area (Å²) in [7, 11) is 0. The topological polar surface area (TPSA) is 67.2 Å². The van der Waals surface area contributed by atoms with Crippen LogP contribution in [-0.4, -0.2) is 39.4 Å². The van der Waals surface area contributed by atoms with Gasteiger partial charge >= 0.3 is 0 Å². The summed E-state index contributed by atoms with van der Waals surface area (Å²) in [5, 5.41) is 2.93. The summed E-state index contributed by atoms with van der Waals surface area (Å²) in [6.45, 7) is 4.53. The second-order valence-electron chi connectivity index (χ2n) is 8.37. The second-order valence-corrected chi connectivity index (χ2v) is 8.37. The Morgan fingerprint density at radius 3 is 2.41 bits per heavy atom. The Hall–Kier alpha value is -3.93. The molecule has 6 heteroatoms. The van der Waals surface area contributed by atoms with Crippen LogP contribution in [0.15, 0.2) is 78.9 Å². The Bertz CT molecular complexity index is 1280. The highest BCUT2D eigenvalue weighted by molar-refractivity contribution is 5.95. The third-order valence-corrected chi connectivity index (χ3v) is 5.81.